The molecular weight excluding hydrogens is 278 g/mol. The van der Waals surface area contributed by atoms with Crippen LogP contribution in [-0.2, 0) is 15.1 Å². The Morgan fingerprint density at radius 3 is 2.73 bits per heavy atom. The first-order chi connectivity index (χ1) is 10.8. The van der Waals surface area contributed by atoms with Crippen LogP contribution in [0.3, 0.4) is 0 Å². The molecule has 2 unspecified atom stereocenters. The van der Waals surface area contributed by atoms with E-state index in [0.29, 0.717) is 12.1 Å². The predicted octanol–water partition coefficient (Wildman–Crippen LogP) is 1.73. The summed E-state index contributed by atoms with van der Waals surface area (Å²) in [5.41, 5.74) is 2.68. The van der Waals surface area contributed by atoms with Crippen molar-refractivity contribution in [3.05, 3.63) is 23.4 Å². The highest BCUT2D eigenvalue weighted by Crippen LogP contribution is 2.51. The van der Waals surface area contributed by atoms with Crippen LogP contribution >= 0.6 is 0 Å². The van der Waals surface area contributed by atoms with E-state index in [1.54, 1.807) is 0 Å². The summed E-state index contributed by atoms with van der Waals surface area (Å²) in [6, 6.07) is 3.61. The molecule has 5 rings (SSSR count). The molecule has 3 atom stereocenters. The number of likely N-dealkylation sites (N-methyl/N-ethyl adjacent to an activating group) is 1. The lowest BCUT2D eigenvalue weighted by Gasteiger charge is -2.54. The molecular formula is C17H23N3O2. The van der Waals surface area contributed by atoms with Crippen molar-refractivity contribution >= 4 is 5.82 Å². The van der Waals surface area contributed by atoms with Crippen LogP contribution in [0.4, 0.5) is 5.82 Å². The lowest BCUT2D eigenvalue weighted by atomic mass is 9.71. The highest BCUT2D eigenvalue weighted by atomic mass is 16.5. The van der Waals surface area contributed by atoms with E-state index >= 15 is 0 Å². The summed E-state index contributed by atoms with van der Waals surface area (Å²) in [5.74, 6) is 1.12. The van der Waals surface area contributed by atoms with Crippen LogP contribution in [0.2, 0.25) is 0 Å². The minimum Gasteiger partial charge on any atom is -0.377 e. The van der Waals surface area contributed by atoms with Gasteiger partial charge in [-0.05, 0) is 49.9 Å². The molecule has 2 saturated heterocycles. The molecule has 1 N–H and O–H groups in total. The highest BCUT2D eigenvalue weighted by Gasteiger charge is 2.47. The number of morpholine rings is 1. The van der Waals surface area contributed by atoms with Crippen molar-refractivity contribution in [3.63, 3.8) is 0 Å². The molecule has 4 aliphatic rings. The van der Waals surface area contributed by atoms with Crippen LogP contribution in [0.15, 0.2) is 12.3 Å². The standard InChI is InChI=1S/C17H23N3O2/c1-18-15-10-22-17(3-2-4-17)14-6-16(19-7-13(14)15)20-11-5-12(20)9-21-8-11/h6-7,11-12,15,18H,2-5,8-10H2,1H3/t11?,12?,15-/m1/s1. The lowest BCUT2D eigenvalue weighted by Crippen LogP contribution is -2.64. The normalized spacial score (nSPS) is 34.8. The Hall–Kier alpha value is -1.17. The number of rotatable bonds is 2. The van der Waals surface area contributed by atoms with E-state index in [1.165, 1.54) is 24.0 Å². The van der Waals surface area contributed by atoms with Crippen molar-refractivity contribution in [2.24, 2.45) is 0 Å². The van der Waals surface area contributed by atoms with Crippen LogP contribution in [0, 0.1) is 0 Å². The second kappa shape index (κ2) is 4.66. The van der Waals surface area contributed by atoms with Crippen molar-refractivity contribution in [2.45, 2.75) is 49.4 Å². The summed E-state index contributed by atoms with van der Waals surface area (Å²) in [6.07, 6.45) is 6.90. The van der Waals surface area contributed by atoms with E-state index in [2.05, 4.69) is 22.5 Å². The van der Waals surface area contributed by atoms with Crippen molar-refractivity contribution in [3.8, 4) is 0 Å². The molecule has 2 bridgehead atoms. The van der Waals surface area contributed by atoms with Crippen LogP contribution in [0.1, 0.15) is 42.9 Å². The topological polar surface area (TPSA) is 46.6 Å². The van der Waals surface area contributed by atoms with Crippen LogP contribution in [0.5, 0.6) is 0 Å². The number of hydrogen-bond donors (Lipinski definition) is 1. The van der Waals surface area contributed by atoms with Gasteiger partial charge < -0.3 is 19.7 Å². The molecule has 5 nitrogen and oxygen atoms in total. The molecule has 22 heavy (non-hydrogen) atoms. The van der Waals surface area contributed by atoms with E-state index < -0.39 is 0 Å². The Kier molecular flexibility index (Phi) is 2.82. The third-order valence-electron chi connectivity index (χ3n) is 6.04. The van der Waals surface area contributed by atoms with Crippen LogP contribution < -0.4 is 10.2 Å². The van der Waals surface area contributed by atoms with E-state index in [9.17, 15) is 0 Å². The number of fused-ring (bicyclic) bond motifs is 4. The minimum atomic E-state index is -0.0309. The predicted molar refractivity (Wildman–Crippen MR) is 83.0 cm³/mol. The Bertz CT molecular complexity index is 588. The van der Waals surface area contributed by atoms with E-state index in [-0.39, 0.29) is 11.6 Å². The maximum atomic E-state index is 6.28. The molecule has 0 aromatic carbocycles. The largest absolute Gasteiger partial charge is 0.377 e. The molecule has 3 aliphatic heterocycles. The molecule has 1 saturated carbocycles. The van der Waals surface area contributed by atoms with Gasteiger partial charge in [-0.2, -0.15) is 0 Å². The van der Waals surface area contributed by atoms with Gasteiger partial charge >= 0.3 is 0 Å². The first-order valence-electron chi connectivity index (χ1n) is 8.48. The van der Waals surface area contributed by atoms with Gasteiger partial charge in [0.1, 0.15) is 5.82 Å². The monoisotopic (exact) mass is 301 g/mol. The molecule has 1 aliphatic carbocycles. The molecule has 1 aromatic heterocycles. The van der Waals surface area contributed by atoms with Gasteiger partial charge in [0.2, 0.25) is 0 Å². The number of pyridine rings is 1. The smallest absolute Gasteiger partial charge is 0.129 e. The minimum absolute atomic E-state index is 0.0309. The zero-order valence-electron chi connectivity index (χ0n) is 13.0. The average molecular weight is 301 g/mol. The maximum absolute atomic E-state index is 6.28. The summed E-state index contributed by atoms with van der Waals surface area (Å²) in [4.78, 5) is 7.25. The number of nitrogens with one attached hydrogen (secondary N) is 1. The fraction of sp³-hybridized carbons (Fsp3) is 0.706. The molecule has 5 heteroatoms. The van der Waals surface area contributed by atoms with Gasteiger partial charge in [-0.15, -0.1) is 0 Å². The first kappa shape index (κ1) is 13.3. The number of aromatic nitrogens is 1. The SMILES string of the molecule is CN[C@@H]1COC2(CCC2)c2cc(N3C4COCC3C4)ncc21. The number of hydrogen-bond acceptors (Lipinski definition) is 5. The molecule has 3 fully saturated rings. The number of nitrogens with zero attached hydrogens (tertiary/aromatic N) is 2. The van der Waals surface area contributed by atoms with Gasteiger partial charge in [-0.3, -0.25) is 0 Å². The van der Waals surface area contributed by atoms with Crippen molar-refractivity contribution in [1.29, 1.82) is 0 Å². The molecule has 118 valence electrons. The van der Waals surface area contributed by atoms with E-state index in [4.69, 9.17) is 14.5 Å². The second-order valence-electron chi connectivity index (χ2n) is 7.12. The van der Waals surface area contributed by atoms with E-state index in [0.717, 1.165) is 38.5 Å². The van der Waals surface area contributed by atoms with Crippen molar-refractivity contribution in [1.82, 2.24) is 10.3 Å². The van der Waals surface area contributed by atoms with Gasteiger partial charge in [0.05, 0.1) is 43.5 Å². The molecule has 4 heterocycles. The van der Waals surface area contributed by atoms with Gasteiger partial charge in [-0.25, -0.2) is 4.98 Å². The molecule has 1 aromatic rings. The summed E-state index contributed by atoms with van der Waals surface area (Å²) in [7, 11) is 2.00. The second-order valence-corrected chi connectivity index (χ2v) is 7.12. The highest BCUT2D eigenvalue weighted by molar-refractivity contribution is 5.52. The maximum Gasteiger partial charge on any atom is 0.129 e. The van der Waals surface area contributed by atoms with Gasteiger partial charge in [-0.1, -0.05) is 0 Å². The van der Waals surface area contributed by atoms with Crippen molar-refractivity contribution in [2.75, 3.05) is 31.8 Å². The third-order valence-corrected chi connectivity index (χ3v) is 6.04. The number of ether oxygens (including phenoxy) is 2. The molecule has 1 spiro atoms. The molecule has 0 radical (unpaired) electrons. The first-order valence-corrected chi connectivity index (χ1v) is 8.48. The van der Waals surface area contributed by atoms with Crippen LogP contribution in [-0.4, -0.2) is 43.9 Å². The average Bonchev–Trinajstić information content (AvgIpc) is 2.52. The number of anilines is 1. The Morgan fingerprint density at radius 1 is 1.27 bits per heavy atom. The van der Waals surface area contributed by atoms with Crippen LogP contribution in [0.25, 0.3) is 0 Å². The molecule has 0 amide bonds. The zero-order chi connectivity index (χ0) is 14.7. The van der Waals surface area contributed by atoms with Gasteiger partial charge in [0.15, 0.2) is 0 Å². The fourth-order valence-electron chi connectivity index (χ4n) is 4.54. The zero-order valence-corrected chi connectivity index (χ0v) is 13.0. The Labute approximate surface area is 131 Å². The van der Waals surface area contributed by atoms with Crippen molar-refractivity contribution < 1.29 is 9.47 Å². The van der Waals surface area contributed by atoms with E-state index in [1.807, 2.05) is 7.05 Å². The Morgan fingerprint density at radius 2 is 2.09 bits per heavy atom. The fourth-order valence-corrected chi connectivity index (χ4v) is 4.54. The lowest BCUT2D eigenvalue weighted by molar-refractivity contribution is -0.124. The van der Waals surface area contributed by atoms with Gasteiger partial charge in [0.25, 0.3) is 0 Å². The Balaban J connectivity index is 1.55. The summed E-state index contributed by atoms with van der Waals surface area (Å²) < 4.78 is 11.9. The van der Waals surface area contributed by atoms with Gasteiger partial charge in [0, 0.05) is 6.20 Å². The summed E-state index contributed by atoms with van der Waals surface area (Å²) in [6.45, 7) is 2.44. The summed E-state index contributed by atoms with van der Waals surface area (Å²) in [5, 5.41) is 3.36. The third kappa shape index (κ3) is 1.67. The quantitative estimate of drug-likeness (QED) is 0.901. The summed E-state index contributed by atoms with van der Waals surface area (Å²) >= 11 is 0.